The molecule has 0 N–H and O–H groups in total. The second kappa shape index (κ2) is 3.40. The van der Waals surface area contributed by atoms with Crippen molar-refractivity contribution in [1.29, 1.82) is 0 Å². The van der Waals surface area contributed by atoms with Crippen LogP contribution in [0.5, 0.6) is 0 Å². The topological polar surface area (TPSA) is 0 Å². The third-order valence-electron chi connectivity index (χ3n) is 2.01. The molecule has 0 fully saturated rings. The summed E-state index contributed by atoms with van der Waals surface area (Å²) in [6, 6.07) is 11.3. The molecule has 58 valence electrons. The van der Waals surface area contributed by atoms with Crippen molar-refractivity contribution in [2.24, 2.45) is 0 Å². The molecule has 2 radical (unpaired) electrons. The first-order chi connectivity index (χ1) is 5.97. The SMILES string of the molecule is [C]1=CC=CCC1c1[c]cccc1. The van der Waals surface area contributed by atoms with E-state index in [1.165, 1.54) is 5.56 Å². The van der Waals surface area contributed by atoms with Gasteiger partial charge in [0, 0.05) is 5.92 Å². The van der Waals surface area contributed by atoms with Crippen molar-refractivity contribution in [3.8, 4) is 0 Å². The average Bonchev–Trinajstić information content (AvgIpc) is 2.21. The molecule has 1 atom stereocenters. The molecule has 1 aliphatic carbocycles. The summed E-state index contributed by atoms with van der Waals surface area (Å²) in [4.78, 5) is 0. The minimum atomic E-state index is 0.413. The van der Waals surface area contributed by atoms with Crippen LogP contribution < -0.4 is 0 Å². The van der Waals surface area contributed by atoms with Gasteiger partial charge in [0.25, 0.3) is 0 Å². The van der Waals surface area contributed by atoms with E-state index in [0.717, 1.165) is 6.42 Å². The van der Waals surface area contributed by atoms with E-state index in [-0.39, 0.29) is 0 Å². The van der Waals surface area contributed by atoms with Crippen LogP contribution >= 0.6 is 0 Å². The Morgan fingerprint density at radius 1 is 1.33 bits per heavy atom. The van der Waals surface area contributed by atoms with Crippen molar-refractivity contribution < 1.29 is 0 Å². The van der Waals surface area contributed by atoms with E-state index in [1.807, 2.05) is 30.4 Å². The second-order valence-corrected chi connectivity index (χ2v) is 2.87. The molecule has 0 nitrogen and oxygen atoms in total. The molecular weight excluding hydrogens is 144 g/mol. The van der Waals surface area contributed by atoms with Crippen LogP contribution in [0.3, 0.4) is 0 Å². The molecule has 0 heteroatoms. The largest absolute Gasteiger partial charge is 0.0836 e. The second-order valence-electron chi connectivity index (χ2n) is 2.87. The Balaban J connectivity index is 2.21. The minimum Gasteiger partial charge on any atom is -0.0836 e. The normalized spacial score (nSPS) is 21.2. The van der Waals surface area contributed by atoms with Crippen LogP contribution in [0, 0.1) is 12.1 Å². The lowest BCUT2D eigenvalue weighted by Gasteiger charge is -2.11. The quantitative estimate of drug-likeness (QED) is 0.583. The summed E-state index contributed by atoms with van der Waals surface area (Å²) in [6.45, 7) is 0. The van der Waals surface area contributed by atoms with Gasteiger partial charge >= 0.3 is 0 Å². The molecule has 2 rings (SSSR count). The van der Waals surface area contributed by atoms with Gasteiger partial charge in [-0.15, -0.1) is 0 Å². The van der Waals surface area contributed by atoms with E-state index in [9.17, 15) is 0 Å². The van der Waals surface area contributed by atoms with Crippen LogP contribution in [0.15, 0.2) is 42.5 Å². The number of rotatable bonds is 1. The van der Waals surface area contributed by atoms with Crippen LogP contribution in [0.2, 0.25) is 0 Å². The fourth-order valence-corrected chi connectivity index (χ4v) is 1.36. The lowest BCUT2D eigenvalue weighted by Crippen LogP contribution is -1.96. The van der Waals surface area contributed by atoms with E-state index in [0.29, 0.717) is 5.92 Å². The molecule has 1 aromatic rings. The van der Waals surface area contributed by atoms with Gasteiger partial charge in [0.05, 0.1) is 0 Å². The summed E-state index contributed by atoms with van der Waals surface area (Å²) in [5.41, 5.74) is 1.23. The van der Waals surface area contributed by atoms with Crippen molar-refractivity contribution in [2.45, 2.75) is 12.3 Å². The molecule has 0 saturated carbocycles. The zero-order valence-electron chi connectivity index (χ0n) is 6.83. The lowest BCUT2D eigenvalue weighted by atomic mass is 9.93. The third-order valence-corrected chi connectivity index (χ3v) is 2.01. The van der Waals surface area contributed by atoms with E-state index in [1.54, 1.807) is 0 Å². The first-order valence-corrected chi connectivity index (χ1v) is 4.18. The van der Waals surface area contributed by atoms with E-state index in [2.05, 4.69) is 24.3 Å². The van der Waals surface area contributed by atoms with Crippen LogP contribution in [0.1, 0.15) is 17.9 Å². The zero-order valence-corrected chi connectivity index (χ0v) is 6.83. The summed E-state index contributed by atoms with van der Waals surface area (Å²) in [5, 5.41) is 0. The monoisotopic (exact) mass is 154 g/mol. The van der Waals surface area contributed by atoms with Crippen LogP contribution in [-0.4, -0.2) is 0 Å². The summed E-state index contributed by atoms with van der Waals surface area (Å²) in [7, 11) is 0. The predicted molar refractivity (Wildman–Crippen MR) is 49.6 cm³/mol. The Hall–Kier alpha value is -1.30. The first-order valence-electron chi connectivity index (χ1n) is 4.18. The molecule has 0 saturated heterocycles. The molecule has 0 heterocycles. The van der Waals surface area contributed by atoms with Crippen molar-refractivity contribution in [1.82, 2.24) is 0 Å². The van der Waals surface area contributed by atoms with Crippen LogP contribution in [-0.2, 0) is 0 Å². The third kappa shape index (κ3) is 1.48. The number of hydrogen-bond donors (Lipinski definition) is 0. The van der Waals surface area contributed by atoms with Gasteiger partial charge in [-0.05, 0) is 24.1 Å². The summed E-state index contributed by atoms with van der Waals surface area (Å²) < 4.78 is 0. The Morgan fingerprint density at radius 2 is 2.33 bits per heavy atom. The van der Waals surface area contributed by atoms with Gasteiger partial charge in [-0.3, -0.25) is 0 Å². The first kappa shape index (κ1) is 7.35. The molecule has 0 aromatic heterocycles. The fraction of sp³-hybridized carbons (Fsp3) is 0.167. The molecule has 0 amide bonds. The Kier molecular flexibility index (Phi) is 2.08. The smallest absolute Gasteiger partial charge is 0.0133 e. The van der Waals surface area contributed by atoms with Crippen LogP contribution in [0.25, 0.3) is 0 Å². The molecule has 1 unspecified atom stereocenters. The Bertz CT molecular complexity index is 293. The molecule has 0 bridgehead atoms. The maximum absolute atomic E-state index is 3.29. The van der Waals surface area contributed by atoms with Gasteiger partial charge in [-0.25, -0.2) is 0 Å². The van der Waals surface area contributed by atoms with Crippen LogP contribution in [0.4, 0.5) is 0 Å². The van der Waals surface area contributed by atoms with E-state index >= 15 is 0 Å². The molecule has 12 heavy (non-hydrogen) atoms. The summed E-state index contributed by atoms with van der Waals surface area (Å²) in [5.74, 6) is 0.413. The van der Waals surface area contributed by atoms with Crippen molar-refractivity contribution in [2.75, 3.05) is 0 Å². The maximum atomic E-state index is 3.29. The molecule has 1 aliphatic rings. The predicted octanol–water partition coefficient (Wildman–Crippen LogP) is 2.89. The van der Waals surface area contributed by atoms with E-state index in [4.69, 9.17) is 0 Å². The molecule has 0 aliphatic heterocycles. The highest BCUT2D eigenvalue weighted by atomic mass is 14.1. The number of allylic oxidation sites excluding steroid dienone is 4. The highest BCUT2D eigenvalue weighted by Gasteiger charge is 2.07. The summed E-state index contributed by atoms with van der Waals surface area (Å²) in [6.07, 6.45) is 10.5. The highest BCUT2D eigenvalue weighted by Crippen LogP contribution is 2.22. The van der Waals surface area contributed by atoms with Gasteiger partial charge < -0.3 is 0 Å². The van der Waals surface area contributed by atoms with E-state index < -0.39 is 0 Å². The fourth-order valence-electron chi connectivity index (χ4n) is 1.36. The maximum Gasteiger partial charge on any atom is 0.0133 e. The van der Waals surface area contributed by atoms with Gasteiger partial charge in [0.15, 0.2) is 0 Å². The standard InChI is InChI=1S/C12H10/c1-3-7-11(8-4-1)12-9-5-2-6-10-12/h1-7,12H,9H2. The lowest BCUT2D eigenvalue weighted by molar-refractivity contribution is 0.829. The zero-order chi connectivity index (χ0) is 8.23. The summed E-state index contributed by atoms with van der Waals surface area (Å²) >= 11 is 0. The van der Waals surface area contributed by atoms with Gasteiger partial charge in [0.2, 0.25) is 0 Å². The number of hydrogen-bond acceptors (Lipinski definition) is 0. The average molecular weight is 154 g/mol. The van der Waals surface area contributed by atoms with Gasteiger partial charge in [-0.2, -0.15) is 0 Å². The minimum absolute atomic E-state index is 0.413. The van der Waals surface area contributed by atoms with Crippen molar-refractivity contribution in [3.05, 3.63) is 60.2 Å². The molecule has 1 aromatic carbocycles. The van der Waals surface area contributed by atoms with Gasteiger partial charge in [0.1, 0.15) is 0 Å². The van der Waals surface area contributed by atoms with Crippen molar-refractivity contribution in [3.63, 3.8) is 0 Å². The molecule has 0 spiro atoms. The number of benzene rings is 1. The Morgan fingerprint density at radius 3 is 3.00 bits per heavy atom. The highest BCUT2D eigenvalue weighted by molar-refractivity contribution is 5.24. The van der Waals surface area contributed by atoms with Gasteiger partial charge in [-0.1, -0.05) is 42.5 Å². The molecular formula is C12H10. The Labute approximate surface area is 73.2 Å². The van der Waals surface area contributed by atoms with Crippen molar-refractivity contribution >= 4 is 0 Å².